The first-order chi connectivity index (χ1) is 11.7. The van der Waals surface area contributed by atoms with Crippen molar-refractivity contribution < 1.29 is 14.3 Å². The van der Waals surface area contributed by atoms with Gasteiger partial charge < -0.3 is 14.8 Å². The number of carbonyl (C=O) groups is 1. The number of nitrogens with one attached hydrogen (secondary N) is 1. The predicted molar refractivity (Wildman–Crippen MR) is 89.5 cm³/mol. The van der Waals surface area contributed by atoms with E-state index in [0.29, 0.717) is 28.6 Å². The molecule has 5 nitrogen and oxygen atoms in total. The summed E-state index contributed by atoms with van der Waals surface area (Å²) >= 11 is 6.10. The minimum Gasteiger partial charge on any atom is -0.454 e. The number of benzene rings is 2. The zero-order valence-corrected chi connectivity index (χ0v) is 13.3. The van der Waals surface area contributed by atoms with E-state index >= 15 is 0 Å². The summed E-state index contributed by atoms with van der Waals surface area (Å²) in [4.78, 5) is 12.2. The summed E-state index contributed by atoms with van der Waals surface area (Å²) in [6, 6.07) is 14.7. The Morgan fingerprint density at radius 3 is 2.83 bits per heavy atom. The number of rotatable bonds is 4. The average Bonchev–Trinajstić information content (AvgIpc) is 3.07. The Morgan fingerprint density at radius 1 is 1.29 bits per heavy atom. The standard InChI is InChI=1S/C18H13ClN2O3/c19-15-7-13(8-16-17(15)24-11-23-16)6-14(9-20)18(22)21-10-12-4-2-1-3-5-12/h1-8H,10-11H2,(H,21,22)/b14-6+. The molecule has 0 atom stereocenters. The fourth-order valence-corrected chi connectivity index (χ4v) is 2.53. The van der Waals surface area contributed by atoms with Gasteiger partial charge in [0.15, 0.2) is 11.5 Å². The van der Waals surface area contributed by atoms with Gasteiger partial charge in [0.25, 0.3) is 5.91 Å². The van der Waals surface area contributed by atoms with Gasteiger partial charge >= 0.3 is 0 Å². The molecule has 1 amide bonds. The monoisotopic (exact) mass is 340 g/mol. The Balaban J connectivity index is 1.76. The van der Waals surface area contributed by atoms with Crippen LogP contribution in [-0.4, -0.2) is 12.7 Å². The fourth-order valence-electron chi connectivity index (χ4n) is 2.26. The summed E-state index contributed by atoms with van der Waals surface area (Å²) in [7, 11) is 0. The molecule has 24 heavy (non-hydrogen) atoms. The highest BCUT2D eigenvalue weighted by Gasteiger charge is 2.18. The maximum Gasteiger partial charge on any atom is 0.262 e. The van der Waals surface area contributed by atoms with Crippen molar-refractivity contribution in [3.8, 4) is 17.6 Å². The first kappa shape index (κ1) is 15.9. The number of hydrogen-bond donors (Lipinski definition) is 1. The second-order valence-electron chi connectivity index (χ2n) is 5.07. The maximum atomic E-state index is 12.2. The lowest BCUT2D eigenvalue weighted by Crippen LogP contribution is -2.23. The van der Waals surface area contributed by atoms with Crippen molar-refractivity contribution in [2.24, 2.45) is 0 Å². The average molecular weight is 341 g/mol. The molecule has 120 valence electrons. The smallest absolute Gasteiger partial charge is 0.262 e. The van der Waals surface area contributed by atoms with Crippen molar-refractivity contribution in [3.63, 3.8) is 0 Å². The SMILES string of the molecule is N#C/C(=C\c1cc(Cl)c2c(c1)OCO2)C(=O)NCc1ccccc1. The summed E-state index contributed by atoms with van der Waals surface area (Å²) < 4.78 is 10.5. The largest absolute Gasteiger partial charge is 0.454 e. The Morgan fingerprint density at radius 2 is 2.08 bits per heavy atom. The zero-order chi connectivity index (χ0) is 16.9. The van der Waals surface area contributed by atoms with Crippen LogP contribution in [0.3, 0.4) is 0 Å². The lowest BCUT2D eigenvalue weighted by Gasteiger charge is -2.05. The third kappa shape index (κ3) is 3.50. The van der Waals surface area contributed by atoms with Crippen LogP contribution in [0.5, 0.6) is 11.5 Å². The number of ether oxygens (including phenoxy) is 2. The highest BCUT2D eigenvalue weighted by molar-refractivity contribution is 6.32. The summed E-state index contributed by atoms with van der Waals surface area (Å²) in [6.07, 6.45) is 1.47. The van der Waals surface area contributed by atoms with Gasteiger partial charge in [0.05, 0.1) is 5.02 Å². The molecule has 0 radical (unpaired) electrons. The van der Waals surface area contributed by atoms with Crippen molar-refractivity contribution in [2.45, 2.75) is 6.54 Å². The molecular weight excluding hydrogens is 328 g/mol. The van der Waals surface area contributed by atoms with Crippen LogP contribution in [0.1, 0.15) is 11.1 Å². The molecule has 0 saturated carbocycles. The summed E-state index contributed by atoms with van der Waals surface area (Å²) in [5, 5.41) is 12.3. The van der Waals surface area contributed by atoms with Crippen molar-refractivity contribution in [3.05, 3.63) is 64.2 Å². The quantitative estimate of drug-likeness (QED) is 0.684. The Hall–Kier alpha value is -2.97. The van der Waals surface area contributed by atoms with E-state index in [1.54, 1.807) is 12.1 Å². The lowest BCUT2D eigenvalue weighted by atomic mass is 10.1. The molecule has 0 bridgehead atoms. The molecule has 0 aliphatic carbocycles. The molecule has 1 aliphatic heterocycles. The van der Waals surface area contributed by atoms with Gasteiger partial charge in [0.1, 0.15) is 11.6 Å². The Labute approximate surface area is 144 Å². The molecule has 1 aliphatic rings. The minimum atomic E-state index is -0.449. The van der Waals surface area contributed by atoms with E-state index in [2.05, 4.69) is 5.32 Å². The van der Waals surface area contributed by atoms with E-state index in [4.69, 9.17) is 21.1 Å². The Kier molecular flexibility index (Phi) is 4.69. The van der Waals surface area contributed by atoms with E-state index in [0.717, 1.165) is 5.56 Å². The van der Waals surface area contributed by atoms with Crippen LogP contribution < -0.4 is 14.8 Å². The predicted octanol–water partition coefficient (Wildman–Crippen LogP) is 3.29. The Bertz CT molecular complexity index is 841. The van der Waals surface area contributed by atoms with Crippen LogP contribution in [0.15, 0.2) is 48.0 Å². The fraction of sp³-hybridized carbons (Fsp3) is 0.111. The normalized spacial score (nSPS) is 12.6. The van der Waals surface area contributed by atoms with E-state index < -0.39 is 5.91 Å². The third-order valence-corrected chi connectivity index (χ3v) is 3.70. The van der Waals surface area contributed by atoms with Gasteiger partial charge in [0, 0.05) is 6.54 Å². The van der Waals surface area contributed by atoms with Crippen molar-refractivity contribution in [1.82, 2.24) is 5.32 Å². The van der Waals surface area contributed by atoms with Gasteiger partial charge in [-0.3, -0.25) is 4.79 Å². The first-order valence-corrected chi connectivity index (χ1v) is 7.58. The van der Waals surface area contributed by atoms with Gasteiger partial charge in [-0.1, -0.05) is 41.9 Å². The van der Waals surface area contributed by atoms with Gasteiger partial charge in [-0.15, -0.1) is 0 Å². The number of nitrogens with zero attached hydrogens (tertiary/aromatic N) is 1. The van der Waals surface area contributed by atoms with Crippen molar-refractivity contribution >= 4 is 23.6 Å². The van der Waals surface area contributed by atoms with Crippen LogP contribution in [0.2, 0.25) is 5.02 Å². The van der Waals surface area contributed by atoms with Crippen LogP contribution >= 0.6 is 11.6 Å². The molecule has 0 spiro atoms. The molecule has 0 saturated heterocycles. The maximum absolute atomic E-state index is 12.2. The lowest BCUT2D eigenvalue weighted by molar-refractivity contribution is -0.117. The molecule has 2 aromatic carbocycles. The summed E-state index contributed by atoms with van der Waals surface area (Å²) in [6.45, 7) is 0.450. The molecule has 0 unspecified atom stereocenters. The first-order valence-electron chi connectivity index (χ1n) is 7.20. The summed E-state index contributed by atoms with van der Waals surface area (Å²) in [5.74, 6) is 0.520. The van der Waals surface area contributed by atoms with Gasteiger partial charge in [-0.25, -0.2) is 0 Å². The molecule has 0 aromatic heterocycles. The molecule has 2 aromatic rings. The van der Waals surface area contributed by atoms with Crippen LogP contribution in [0, 0.1) is 11.3 Å². The van der Waals surface area contributed by atoms with Crippen LogP contribution in [0.4, 0.5) is 0 Å². The number of halogens is 1. The third-order valence-electron chi connectivity index (χ3n) is 3.42. The van der Waals surface area contributed by atoms with Gasteiger partial charge in [-0.2, -0.15) is 5.26 Å². The minimum absolute atomic E-state index is 0.0131. The molecule has 1 N–H and O–H groups in total. The van der Waals surface area contributed by atoms with E-state index in [9.17, 15) is 10.1 Å². The summed E-state index contributed by atoms with van der Waals surface area (Å²) in [5.41, 5.74) is 1.53. The second-order valence-corrected chi connectivity index (χ2v) is 5.48. The highest BCUT2D eigenvalue weighted by Crippen LogP contribution is 2.40. The molecule has 1 heterocycles. The molecule has 0 fully saturated rings. The zero-order valence-electron chi connectivity index (χ0n) is 12.6. The van der Waals surface area contributed by atoms with Crippen molar-refractivity contribution in [2.75, 3.05) is 6.79 Å². The van der Waals surface area contributed by atoms with Gasteiger partial charge in [-0.05, 0) is 29.3 Å². The second kappa shape index (κ2) is 7.07. The number of nitriles is 1. The number of amides is 1. The van der Waals surface area contributed by atoms with Crippen LogP contribution in [0.25, 0.3) is 6.08 Å². The number of fused-ring (bicyclic) bond motifs is 1. The topological polar surface area (TPSA) is 71.3 Å². The van der Waals surface area contributed by atoms with Crippen LogP contribution in [-0.2, 0) is 11.3 Å². The van der Waals surface area contributed by atoms with E-state index in [1.807, 2.05) is 36.4 Å². The number of carbonyl (C=O) groups excluding carboxylic acids is 1. The number of hydrogen-bond acceptors (Lipinski definition) is 4. The highest BCUT2D eigenvalue weighted by atomic mass is 35.5. The van der Waals surface area contributed by atoms with Gasteiger partial charge in [0.2, 0.25) is 6.79 Å². The van der Waals surface area contributed by atoms with E-state index in [1.165, 1.54) is 6.08 Å². The molecule has 6 heteroatoms. The molecular formula is C18H13ClN2O3. The van der Waals surface area contributed by atoms with E-state index in [-0.39, 0.29) is 12.4 Å². The van der Waals surface area contributed by atoms with Crippen molar-refractivity contribution in [1.29, 1.82) is 5.26 Å². The molecule has 3 rings (SSSR count).